The van der Waals surface area contributed by atoms with Gasteiger partial charge in [-0.1, -0.05) is 12.1 Å². The number of hydrogen-bond acceptors (Lipinski definition) is 6. The number of carbonyl (C=O) groups is 1. The van der Waals surface area contributed by atoms with E-state index in [0.717, 1.165) is 0 Å². The Balaban J connectivity index is 1.93. The SMILES string of the molecule is NC(=O)c1n[nH]nc1-c1cccc(Oc2cnccn2)c1. The number of primary amides is 1. The number of carbonyl (C=O) groups excluding carboxylic acids is 1. The van der Waals surface area contributed by atoms with Gasteiger partial charge in [0.25, 0.3) is 5.91 Å². The summed E-state index contributed by atoms with van der Waals surface area (Å²) in [4.78, 5) is 19.2. The topological polar surface area (TPSA) is 120 Å². The molecule has 0 aliphatic heterocycles. The Bertz CT molecular complexity index is 771. The molecule has 3 N–H and O–H groups in total. The smallest absolute Gasteiger partial charge is 0.271 e. The second-order valence-corrected chi connectivity index (χ2v) is 4.06. The van der Waals surface area contributed by atoms with Crippen molar-refractivity contribution in [3.63, 3.8) is 0 Å². The fourth-order valence-electron chi connectivity index (χ4n) is 1.77. The molecule has 2 aromatic heterocycles. The van der Waals surface area contributed by atoms with Crippen LogP contribution in [-0.4, -0.2) is 31.3 Å². The van der Waals surface area contributed by atoms with E-state index in [0.29, 0.717) is 22.9 Å². The number of benzene rings is 1. The van der Waals surface area contributed by atoms with Crippen molar-refractivity contribution in [3.8, 4) is 22.9 Å². The molecule has 1 aromatic carbocycles. The molecule has 0 radical (unpaired) electrons. The van der Waals surface area contributed by atoms with Crippen molar-refractivity contribution in [3.05, 3.63) is 48.5 Å². The third-order valence-corrected chi connectivity index (χ3v) is 2.65. The van der Waals surface area contributed by atoms with Gasteiger partial charge in [0, 0.05) is 18.0 Å². The van der Waals surface area contributed by atoms with Crippen LogP contribution in [-0.2, 0) is 0 Å². The molecule has 8 heteroatoms. The number of rotatable bonds is 4. The summed E-state index contributed by atoms with van der Waals surface area (Å²) < 4.78 is 5.57. The summed E-state index contributed by atoms with van der Waals surface area (Å²) in [6.07, 6.45) is 4.58. The van der Waals surface area contributed by atoms with Crippen molar-refractivity contribution in [1.82, 2.24) is 25.4 Å². The minimum atomic E-state index is -0.654. The molecule has 2 heterocycles. The van der Waals surface area contributed by atoms with Gasteiger partial charge in [-0.3, -0.25) is 9.78 Å². The van der Waals surface area contributed by atoms with Crippen LogP contribution < -0.4 is 10.5 Å². The molecule has 0 bridgehead atoms. The molecule has 104 valence electrons. The lowest BCUT2D eigenvalue weighted by Crippen LogP contribution is -2.12. The van der Waals surface area contributed by atoms with E-state index in [4.69, 9.17) is 10.5 Å². The van der Waals surface area contributed by atoms with Crippen molar-refractivity contribution in [1.29, 1.82) is 0 Å². The third kappa shape index (κ3) is 2.68. The summed E-state index contributed by atoms with van der Waals surface area (Å²) >= 11 is 0. The van der Waals surface area contributed by atoms with Gasteiger partial charge in [-0.15, -0.1) is 0 Å². The average molecular weight is 282 g/mol. The molecule has 8 nitrogen and oxygen atoms in total. The zero-order valence-electron chi connectivity index (χ0n) is 10.7. The number of aromatic amines is 1. The van der Waals surface area contributed by atoms with Gasteiger partial charge >= 0.3 is 0 Å². The lowest BCUT2D eigenvalue weighted by Gasteiger charge is -2.05. The standard InChI is InChI=1S/C13H10N6O2/c14-13(20)12-11(17-19-18-12)8-2-1-3-9(6-8)21-10-7-15-4-5-16-10/h1-7H,(H2,14,20)(H,17,18,19). The van der Waals surface area contributed by atoms with Gasteiger partial charge in [-0.2, -0.15) is 15.4 Å². The maximum Gasteiger partial charge on any atom is 0.271 e. The highest BCUT2D eigenvalue weighted by molar-refractivity contribution is 5.96. The van der Waals surface area contributed by atoms with Crippen LogP contribution in [0.5, 0.6) is 11.6 Å². The molecule has 0 aliphatic rings. The van der Waals surface area contributed by atoms with Crippen molar-refractivity contribution >= 4 is 5.91 Å². The number of ether oxygens (including phenoxy) is 1. The molecule has 0 atom stereocenters. The molecule has 0 saturated carbocycles. The maximum absolute atomic E-state index is 11.3. The van der Waals surface area contributed by atoms with E-state index in [1.54, 1.807) is 30.5 Å². The van der Waals surface area contributed by atoms with Gasteiger partial charge in [0.05, 0.1) is 6.20 Å². The van der Waals surface area contributed by atoms with Gasteiger partial charge in [0.2, 0.25) is 5.88 Å². The predicted octanol–water partition coefficient (Wildman–Crippen LogP) is 1.15. The molecule has 21 heavy (non-hydrogen) atoms. The molecule has 3 rings (SSSR count). The fraction of sp³-hybridized carbons (Fsp3) is 0. The van der Waals surface area contributed by atoms with E-state index in [1.165, 1.54) is 12.4 Å². The van der Waals surface area contributed by atoms with Crippen LogP contribution in [0, 0.1) is 0 Å². The minimum absolute atomic E-state index is 0.0756. The average Bonchev–Trinajstić information content (AvgIpc) is 2.98. The van der Waals surface area contributed by atoms with Crippen molar-refractivity contribution < 1.29 is 9.53 Å². The Labute approximate surface area is 119 Å². The number of nitrogens with one attached hydrogen (secondary N) is 1. The summed E-state index contributed by atoms with van der Waals surface area (Å²) in [7, 11) is 0. The third-order valence-electron chi connectivity index (χ3n) is 2.65. The summed E-state index contributed by atoms with van der Waals surface area (Å²) in [5.41, 5.74) is 6.34. The van der Waals surface area contributed by atoms with Crippen LogP contribution in [0.2, 0.25) is 0 Å². The first-order valence-corrected chi connectivity index (χ1v) is 5.99. The van der Waals surface area contributed by atoms with Gasteiger partial charge in [-0.05, 0) is 12.1 Å². The van der Waals surface area contributed by atoms with E-state index in [-0.39, 0.29) is 5.69 Å². The number of aromatic nitrogens is 5. The van der Waals surface area contributed by atoms with Crippen LogP contribution in [0.1, 0.15) is 10.5 Å². The van der Waals surface area contributed by atoms with E-state index in [1.807, 2.05) is 0 Å². The zero-order valence-corrected chi connectivity index (χ0v) is 10.7. The first kappa shape index (κ1) is 12.7. The van der Waals surface area contributed by atoms with Crippen LogP contribution in [0.25, 0.3) is 11.3 Å². The summed E-state index contributed by atoms with van der Waals surface area (Å²) in [5, 5.41) is 10.1. The van der Waals surface area contributed by atoms with Crippen LogP contribution in [0.15, 0.2) is 42.9 Å². The second kappa shape index (κ2) is 5.37. The summed E-state index contributed by atoms with van der Waals surface area (Å²) in [6.45, 7) is 0. The lowest BCUT2D eigenvalue weighted by atomic mass is 10.1. The Morgan fingerprint density at radius 1 is 1.24 bits per heavy atom. The largest absolute Gasteiger partial charge is 0.437 e. The molecular formula is C13H10N6O2. The molecule has 1 amide bonds. The Kier molecular flexibility index (Phi) is 3.26. The van der Waals surface area contributed by atoms with E-state index in [2.05, 4.69) is 25.4 Å². The van der Waals surface area contributed by atoms with Gasteiger partial charge in [0.1, 0.15) is 11.4 Å². The number of nitrogens with zero attached hydrogens (tertiary/aromatic N) is 4. The maximum atomic E-state index is 11.3. The van der Waals surface area contributed by atoms with Crippen LogP contribution in [0.3, 0.4) is 0 Å². The lowest BCUT2D eigenvalue weighted by molar-refractivity contribution is 0.0996. The Morgan fingerprint density at radius 3 is 2.90 bits per heavy atom. The van der Waals surface area contributed by atoms with E-state index in [9.17, 15) is 4.79 Å². The van der Waals surface area contributed by atoms with E-state index >= 15 is 0 Å². The molecule has 3 aromatic rings. The number of hydrogen-bond donors (Lipinski definition) is 2. The Morgan fingerprint density at radius 2 is 2.14 bits per heavy atom. The highest BCUT2D eigenvalue weighted by Gasteiger charge is 2.15. The van der Waals surface area contributed by atoms with Crippen molar-refractivity contribution in [2.45, 2.75) is 0 Å². The quantitative estimate of drug-likeness (QED) is 0.740. The molecule has 0 spiro atoms. The van der Waals surface area contributed by atoms with Crippen molar-refractivity contribution in [2.24, 2.45) is 5.73 Å². The first-order chi connectivity index (χ1) is 10.2. The molecular weight excluding hydrogens is 272 g/mol. The minimum Gasteiger partial charge on any atom is -0.437 e. The molecule has 0 fully saturated rings. The first-order valence-electron chi connectivity index (χ1n) is 5.99. The number of amides is 1. The van der Waals surface area contributed by atoms with E-state index < -0.39 is 5.91 Å². The van der Waals surface area contributed by atoms with Gasteiger partial charge < -0.3 is 10.5 Å². The number of H-pyrrole nitrogens is 1. The summed E-state index contributed by atoms with van der Waals surface area (Å²) in [6, 6.07) is 7.00. The molecule has 0 aliphatic carbocycles. The molecule has 0 saturated heterocycles. The second-order valence-electron chi connectivity index (χ2n) is 4.06. The van der Waals surface area contributed by atoms with Crippen LogP contribution in [0.4, 0.5) is 0 Å². The monoisotopic (exact) mass is 282 g/mol. The Hall–Kier alpha value is -3.29. The predicted molar refractivity (Wildman–Crippen MR) is 72.4 cm³/mol. The normalized spacial score (nSPS) is 10.3. The van der Waals surface area contributed by atoms with Gasteiger partial charge in [0.15, 0.2) is 5.69 Å². The summed E-state index contributed by atoms with van der Waals surface area (Å²) in [5.74, 6) is 0.246. The highest BCUT2D eigenvalue weighted by Crippen LogP contribution is 2.26. The van der Waals surface area contributed by atoms with Crippen LogP contribution >= 0.6 is 0 Å². The van der Waals surface area contributed by atoms with Crippen molar-refractivity contribution in [2.75, 3.05) is 0 Å². The zero-order chi connectivity index (χ0) is 14.7. The number of nitrogens with two attached hydrogens (primary N) is 1. The van der Waals surface area contributed by atoms with Gasteiger partial charge in [-0.25, -0.2) is 4.98 Å². The molecule has 0 unspecified atom stereocenters. The highest BCUT2D eigenvalue weighted by atomic mass is 16.5. The fourth-order valence-corrected chi connectivity index (χ4v) is 1.77.